The Labute approximate surface area is 154 Å². The Hall–Kier alpha value is -2.97. The molecule has 0 saturated heterocycles. The van der Waals surface area contributed by atoms with Crippen LogP contribution in [0.25, 0.3) is 11.3 Å². The summed E-state index contributed by atoms with van der Waals surface area (Å²) in [5, 5.41) is 18.5. The van der Waals surface area contributed by atoms with Crippen LogP contribution in [0, 0.1) is 0 Å². The molecule has 0 aliphatic carbocycles. The number of carbonyl (C=O) groups excluding carboxylic acids is 1. The van der Waals surface area contributed by atoms with Gasteiger partial charge in [-0.15, -0.1) is 5.10 Å². The molecule has 0 fully saturated rings. The third-order valence-corrected chi connectivity index (χ3v) is 3.83. The summed E-state index contributed by atoms with van der Waals surface area (Å²) in [7, 11) is 0. The summed E-state index contributed by atoms with van der Waals surface area (Å²) in [6.07, 6.45) is 3.11. The Bertz CT molecular complexity index is 911. The van der Waals surface area contributed by atoms with Crippen LogP contribution in [0.4, 0.5) is 0 Å². The van der Waals surface area contributed by atoms with Crippen molar-refractivity contribution >= 4 is 17.5 Å². The predicted octanol–water partition coefficient (Wildman–Crippen LogP) is 2.01. The van der Waals surface area contributed by atoms with Crippen molar-refractivity contribution in [1.29, 1.82) is 0 Å². The number of ether oxygens (including phenoxy) is 1. The highest BCUT2D eigenvalue weighted by atomic mass is 35.5. The number of halogens is 1. The van der Waals surface area contributed by atoms with Gasteiger partial charge in [-0.25, -0.2) is 9.67 Å². The summed E-state index contributed by atoms with van der Waals surface area (Å²) in [5.41, 5.74) is 7.00. The number of rotatable bonds is 7. The minimum Gasteiger partial charge on any atom is -0.505 e. The summed E-state index contributed by atoms with van der Waals surface area (Å²) in [6, 6.07) is 8.82. The van der Waals surface area contributed by atoms with E-state index in [0.717, 1.165) is 5.56 Å². The Morgan fingerprint density at radius 3 is 2.77 bits per heavy atom. The van der Waals surface area contributed by atoms with Crippen molar-refractivity contribution in [3.8, 4) is 17.0 Å². The summed E-state index contributed by atoms with van der Waals surface area (Å²) in [5.74, 6) is -1.09. The van der Waals surface area contributed by atoms with E-state index in [0.29, 0.717) is 36.0 Å². The zero-order valence-corrected chi connectivity index (χ0v) is 14.4. The van der Waals surface area contributed by atoms with E-state index in [4.69, 9.17) is 22.1 Å². The number of carbonyl (C=O) groups is 1. The van der Waals surface area contributed by atoms with Gasteiger partial charge in [0.05, 0.1) is 26.0 Å². The second kappa shape index (κ2) is 7.94. The molecule has 0 unspecified atom stereocenters. The first-order valence-corrected chi connectivity index (χ1v) is 8.12. The van der Waals surface area contributed by atoms with Crippen molar-refractivity contribution in [2.75, 3.05) is 6.61 Å². The lowest BCUT2D eigenvalue weighted by Crippen LogP contribution is -2.13. The zero-order valence-electron chi connectivity index (χ0n) is 13.7. The van der Waals surface area contributed by atoms with E-state index >= 15 is 0 Å². The molecule has 2 aromatic heterocycles. The van der Waals surface area contributed by atoms with E-state index in [9.17, 15) is 9.90 Å². The molecule has 134 valence electrons. The highest BCUT2D eigenvalue weighted by Gasteiger charge is 2.12. The van der Waals surface area contributed by atoms with Crippen LogP contribution in [0.15, 0.2) is 42.7 Å². The molecule has 1 aromatic carbocycles. The lowest BCUT2D eigenvalue weighted by Gasteiger charge is -2.04. The number of aromatic hydroxyl groups is 1. The standard InChI is InChI=1S/C17H16ClN5O3/c18-13-3-1-11(2-4-13)10-26-6-5-23-9-14(21-22-23)12-7-15(24)16(17(19)25)20-8-12/h1-4,7-9,24H,5-6,10H2,(H2,19,25). The molecule has 3 rings (SSSR count). The number of nitrogens with zero attached hydrogens (tertiary/aromatic N) is 4. The number of pyridine rings is 1. The van der Waals surface area contributed by atoms with Crippen LogP contribution in [0.2, 0.25) is 5.02 Å². The average molecular weight is 374 g/mol. The molecule has 0 atom stereocenters. The van der Waals surface area contributed by atoms with Gasteiger partial charge >= 0.3 is 0 Å². The normalized spacial score (nSPS) is 10.8. The van der Waals surface area contributed by atoms with Crippen LogP contribution in [-0.4, -0.2) is 37.6 Å². The van der Waals surface area contributed by atoms with E-state index in [2.05, 4.69) is 15.3 Å². The third kappa shape index (κ3) is 4.35. The fraction of sp³-hybridized carbons (Fsp3) is 0.176. The lowest BCUT2D eigenvalue weighted by molar-refractivity contribution is 0.0992. The fourth-order valence-corrected chi connectivity index (χ4v) is 2.38. The molecule has 9 heteroatoms. The number of hydrogen-bond acceptors (Lipinski definition) is 6. The molecule has 3 aromatic rings. The van der Waals surface area contributed by atoms with Gasteiger partial charge in [-0.3, -0.25) is 4.79 Å². The lowest BCUT2D eigenvalue weighted by atomic mass is 10.2. The number of amides is 1. The molecular formula is C17H16ClN5O3. The smallest absolute Gasteiger partial charge is 0.271 e. The first kappa shape index (κ1) is 17.8. The van der Waals surface area contributed by atoms with Crippen molar-refractivity contribution in [2.24, 2.45) is 5.73 Å². The molecule has 2 heterocycles. The molecular weight excluding hydrogens is 358 g/mol. The van der Waals surface area contributed by atoms with Gasteiger partial charge in [0, 0.05) is 16.8 Å². The molecule has 0 aliphatic rings. The van der Waals surface area contributed by atoms with Crippen molar-refractivity contribution in [1.82, 2.24) is 20.0 Å². The number of primary amides is 1. The van der Waals surface area contributed by atoms with E-state index in [1.54, 1.807) is 10.9 Å². The van der Waals surface area contributed by atoms with Crippen molar-refractivity contribution < 1.29 is 14.6 Å². The van der Waals surface area contributed by atoms with Crippen LogP contribution < -0.4 is 5.73 Å². The molecule has 8 nitrogen and oxygen atoms in total. The monoisotopic (exact) mass is 373 g/mol. The zero-order chi connectivity index (χ0) is 18.5. The van der Waals surface area contributed by atoms with Crippen LogP contribution in [-0.2, 0) is 17.9 Å². The summed E-state index contributed by atoms with van der Waals surface area (Å²) < 4.78 is 7.23. The Balaban J connectivity index is 1.55. The first-order chi connectivity index (χ1) is 12.5. The summed E-state index contributed by atoms with van der Waals surface area (Å²) in [6.45, 7) is 1.44. The van der Waals surface area contributed by atoms with Gasteiger partial charge in [-0.05, 0) is 23.8 Å². The van der Waals surface area contributed by atoms with Crippen molar-refractivity contribution in [3.63, 3.8) is 0 Å². The maximum atomic E-state index is 11.1. The summed E-state index contributed by atoms with van der Waals surface area (Å²) >= 11 is 5.84. The van der Waals surface area contributed by atoms with E-state index in [1.807, 2.05) is 24.3 Å². The van der Waals surface area contributed by atoms with Gasteiger partial charge in [-0.2, -0.15) is 0 Å². The van der Waals surface area contributed by atoms with Gasteiger partial charge in [0.1, 0.15) is 11.4 Å². The highest BCUT2D eigenvalue weighted by molar-refractivity contribution is 6.30. The fourth-order valence-electron chi connectivity index (χ4n) is 2.25. The quantitative estimate of drug-likeness (QED) is 0.612. The maximum Gasteiger partial charge on any atom is 0.271 e. The van der Waals surface area contributed by atoms with Crippen LogP contribution in [0.5, 0.6) is 5.75 Å². The second-order valence-corrected chi connectivity index (χ2v) is 5.94. The predicted molar refractivity (Wildman–Crippen MR) is 94.5 cm³/mol. The van der Waals surface area contributed by atoms with Gasteiger partial charge in [0.2, 0.25) is 0 Å². The van der Waals surface area contributed by atoms with Crippen molar-refractivity contribution in [3.05, 3.63) is 59.0 Å². The molecule has 0 aliphatic heterocycles. The molecule has 0 bridgehead atoms. The molecule has 26 heavy (non-hydrogen) atoms. The van der Waals surface area contributed by atoms with Gasteiger partial charge in [0.15, 0.2) is 5.69 Å². The van der Waals surface area contributed by atoms with Crippen molar-refractivity contribution in [2.45, 2.75) is 13.2 Å². The molecule has 0 spiro atoms. The summed E-state index contributed by atoms with van der Waals surface area (Å²) in [4.78, 5) is 14.9. The molecule has 0 saturated carbocycles. The maximum absolute atomic E-state index is 11.1. The molecule has 0 radical (unpaired) electrons. The number of hydrogen-bond donors (Lipinski definition) is 2. The van der Waals surface area contributed by atoms with Crippen LogP contribution in [0.3, 0.4) is 0 Å². The van der Waals surface area contributed by atoms with Crippen LogP contribution >= 0.6 is 11.6 Å². The highest BCUT2D eigenvalue weighted by Crippen LogP contribution is 2.22. The average Bonchev–Trinajstić information content (AvgIpc) is 3.09. The topological polar surface area (TPSA) is 116 Å². The first-order valence-electron chi connectivity index (χ1n) is 7.74. The second-order valence-electron chi connectivity index (χ2n) is 5.50. The third-order valence-electron chi connectivity index (χ3n) is 3.58. The minimum atomic E-state index is -0.796. The number of nitrogens with two attached hydrogens (primary N) is 1. The van der Waals surface area contributed by atoms with E-state index in [-0.39, 0.29) is 11.4 Å². The van der Waals surface area contributed by atoms with Gasteiger partial charge < -0.3 is 15.6 Å². The van der Waals surface area contributed by atoms with E-state index in [1.165, 1.54) is 12.3 Å². The Morgan fingerprint density at radius 2 is 2.08 bits per heavy atom. The largest absolute Gasteiger partial charge is 0.505 e. The minimum absolute atomic E-state index is 0.184. The van der Waals surface area contributed by atoms with Crippen LogP contribution in [0.1, 0.15) is 16.1 Å². The number of aromatic nitrogens is 4. The van der Waals surface area contributed by atoms with Gasteiger partial charge in [-0.1, -0.05) is 28.9 Å². The van der Waals surface area contributed by atoms with Gasteiger partial charge in [0.25, 0.3) is 5.91 Å². The Morgan fingerprint density at radius 1 is 1.31 bits per heavy atom. The van der Waals surface area contributed by atoms with E-state index < -0.39 is 5.91 Å². The Kier molecular flexibility index (Phi) is 5.45. The number of benzene rings is 1. The molecule has 1 amide bonds. The molecule has 3 N–H and O–H groups in total. The SMILES string of the molecule is NC(=O)c1ncc(-c2cn(CCOCc3ccc(Cl)cc3)nn2)cc1O.